The van der Waals surface area contributed by atoms with Gasteiger partial charge in [0.05, 0.1) is 5.56 Å². The Kier molecular flexibility index (Phi) is 3.74. The second kappa shape index (κ2) is 5.57. The number of nitrogens with zero attached hydrogens (tertiary/aromatic N) is 1. The molecule has 0 spiro atoms. The van der Waals surface area contributed by atoms with Crippen LogP contribution in [0.15, 0.2) is 11.4 Å². The molecule has 1 aliphatic heterocycles. The van der Waals surface area contributed by atoms with Crippen LogP contribution >= 0.6 is 11.3 Å². The highest BCUT2D eigenvalue weighted by molar-refractivity contribution is 7.10. The average molecular weight is 315 g/mol. The molecule has 0 saturated carbocycles. The van der Waals surface area contributed by atoms with Crippen molar-refractivity contribution in [2.45, 2.75) is 27.2 Å². The van der Waals surface area contributed by atoms with Crippen LogP contribution in [0.25, 0.3) is 11.1 Å². The van der Waals surface area contributed by atoms with Gasteiger partial charge in [-0.2, -0.15) is 0 Å². The van der Waals surface area contributed by atoms with Gasteiger partial charge in [0.1, 0.15) is 23.1 Å². The Balaban J connectivity index is 2.23. The summed E-state index contributed by atoms with van der Waals surface area (Å²) in [6, 6.07) is 1.91. The van der Waals surface area contributed by atoms with Gasteiger partial charge in [-0.05, 0) is 37.5 Å². The fraction of sp³-hybridized carbons (Fsp3) is 0.294. The number of carbonyl (C=O) groups excluding carboxylic acids is 1. The number of hydrogen-bond acceptors (Lipinski definition) is 5. The van der Waals surface area contributed by atoms with Crippen LogP contribution in [0.5, 0.6) is 11.5 Å². The van der Waals surface area contributed by atoms with Crippen LogP contribution in [0.2, 0.25) is 0 Å². The number of aldehydes is 1. The first-order valence-corrected chi connectivity index (χ1v) is 8.04. The van der Waals surface area contributed by atoms with Crippen LogP contribution in [0.4, 0.5) is 0 Å². The number of thiazole rings is 1. The maximum Gasteiger partial charge on any atom is 0.157 e. The Bertz CT molecular complexity index is 789. The van der Waals surface area contributed by atoms with Gasteiger partial charge in [0.25, 0.3) is 0 Å². The van der Waals surface area contributed by atoms with Gasteiger partial charge in [0.2, 0.25) is 0 Å². The summed E-state index contributed by atoms with van der Waals surface area (Å²) in [6.45, 7) is 6.28. The number of benzene rings is 1. The molecule has 22 heavy (non-hydrogen) atoms. The van der Waals surface area contributed by atoms with Crippen molar-refractivity contribution in [1.29, 1.82) is 0 Å². The van der Waals surface area contributed by atoms with Crippen LogP contribution in [0.1, 0.15) is 46.0 Å². The lowest BCUT2D eigenvalue weighted by Gasteiger charge is -2.24. The predicted molar refractivity (Wildman–Crippen MR) is 87.7 cm³/mol. The lowest BCUT2D eigenvalue weighted by molar-refractivity contribution is 0.111. The lowest BCUT2D eigenvalue weighted by atomic mass is 9.92. The number of phenols is 1. The first kappa shape index (κ1) is 14.8. The van der Waals surface area contributed by atoms with E-state index >= 15 is 0 Å². The van der Waals surface area contributed by atoms with Crippen molar-refractivity contribution in [3.63, 3.8) is 0 Å². The molecule has 2 heterocycles. The van der Waals surface area contributed by atoms with E-state index in [9.17, 15) is 9.90 Å². The minimum atomic E-state index is 0.0255. The zero-order chi connectivity index (χ0) is 15.9. The van der Waals surface area contributed by atoms with Crippen LogP contribution in [-0.2, 0) is 6.42 Å². The molecule has 0 atom stereocenters. The third-order valence-corrected chi connectivity index (χ3v) is 4.98. The number of aryl methyl sites for hydroxylation is 2. The second-order valence-corrected chi connectivity index (χ2v) is 6.19. The van der Waals surface area contributed by atoms with E-state index in [-0.39, 0.29) is 11.3 Å². The third-order valence-electron chi connectivity index (χ3n) is 3.96. The minimum absolute atomic E-state index is 0.0255. The van der Waals surface area contributed by atoms with Crippen LogP contribution < -0.4 is 4.74 Å². The summed E-state index contributed by atoms with van der Waals surface area (Å²) >= 11 is 1.59. The topological polar surface area (TPSA) is 59.4 Å². The summed E-state index contributed by atoms with van der Waals surface area (Å²) < 4.78 is 5.79. The zero-order valence-electron chi connectivity index (χ0n) is 12.8. The van der Waals surface area contributed by atoms with Gasteiger partial charge >= 0.3 is 0 Å². The number of aromatic nitrogens is 1. The van der Waals surface area contributed by atoms with Crippen LogP contribution in [0, 0.1) is 6.92 Å². The van der Waals surface area contributed by atoms with Crippen molar-refractivity contribution in [2.75, 3.05) is 6.61 Å². The van der Waals surface area contributed by atoms with E-state index in [4.69, 9.17) is 4.74 Å². The van der Waals surface area contributed by atoms with Gasteiger partial charge in [-0.15, -0.1) is 11.3 Å². The molecule has 1 aromatic carbocycles. The molecule has 1 N–H and O–H groups in total. The molecule has 3 rings (SSSR count). The quantitative estimate of drug-likeness (QED) is 0.874. The van der Waals surface area contributed by atoms with Crippen molar-refractivity contribution in [3.05, 3.63) is 38.8 Å². The maximum absolute atomic E-state index is 11.4. The molecule has 4 nitrogen and oxygen atoms in total. The molecule has 0 fully saturated rings. The summed E-state index contributed by atoms with van der Waals surface area (Å²) in [4.78, 5) is 15.9. The van der Waals surface area contributed by atoms with E-state index in [0.717, 1.165) is 33.0 Å². The molecular formula is C17H17NO3S. The number of allylic oxidation sites excluding steroid dienone is 1. The highest BCUT2D eigenvalue weighted by Gasteiger charge is 2.25. The van der Waals surface area contributed by atoms with Crippen LogP contribution in [-0.4, -0.2) is 23.0 Å². The molecule has 0 bridgehead atoms. The maximum atomic E-state index is 11.4. The molecule has 0 amide bonds. The highest BCUT2D eigenvalue weighted by Crippen LogP contribution is 2.43. The fourth-order valence-electron chi connectivity index (χ4n) is 2.68. The third kappa shape index (κ3) is 2.22. The van der Waals surface area contributed by atoms with Gasteiger partial charge in [-0.1, -0.05) is 6.92 Å². The first-order chi connectivity index (χ1) is 10.6. The number of carbonyl (C=O) groups is 1. The molecule has 0 saturated heterocycles. The molecular weight excluding hydrogens is 298 g/mol. The monoisotopic (exact) mass is 315 g/mol. The van der Waals surface area contributed by atoms with Crippen LogP contribution in [0.3, 0.4) is 0 Å². The van der Waals surface area contributed by atoms with E-state index in [0.29, 0.717) is 25.1 Å². The number of fused-ring (bicyclic) bond motifs is 1. The van der Waals surface area contributed by atoms with Gasteiger partial charge < -0.3 is 9.84 Å². The number of hydrogen-bond donors (Lipinski definition) is 1. The van der Waals surface area contributed by atoms with Gasteiger partial charge in [-0.3, -0.25) is 4.79 Å². The molecule has 0 aliphatic carbocycles. The van der Waals surface area contributed by atoms with Crippen molar-refractivity contribution >= 4 is 28.8 Å². The Labute approximate surface area is 133 Å². The molecule has 0 radical (unpaired) electrons. The van der Waals surface area contributed by atoms with Crippen molar-refractivity contribution in [1.82, 2.24) is 4.98 Å². The van der Waals surface area contributed by atoms with Crippen molar-refractivity contribution < 1.29 is 14.6 Å². The van der Waals surface area contributed by atoms with E-state index in [1.54, 1.807) is 11.3 Å². The largest absolute Gasteiger partial charge is 0.507 e. The number of aromatic hydroxyl groups is 1. The first-order valence-electron chi connectivity index (χ1n) is 7.16. The standard InChI is InChI=1S/C17H17NO3S/c1-4-11-5-12-10(3)14(17-18-9(2)8-22-17)7-21-16(12)13(6-19)15(11)20/h5-6,8,20H,4,7H2,1-3H3. The zero-order valence-corrected chi connectivity index (χ0v) is 13.6. The van der Waals surface area contributed by atoms with Gasteiger partial charge in [-0.25, -0.2) is 4.98 Å². The summed E-state index contributed by atoms with van der Waals surface area (Å²) in [7, 11) is 0. The number of phenolic OH excluding ortho intramolecular Hbond substituents is 1. The minimum Gasteiger partial charge on any atom is -0.507 e. The van der Waals surface area contributed by atoms with E-state index < -0.39 is 0 Å². The highest BCUT2D eigenvalue weighted by atomic mass is 32.1. The Morgan fingerprint density at radius 1 is 1.45 bits per heavy atom. The molecule has 0 unspecified atom stereocenters. The van der Waals surface area contributed by atoms with E-state index in [2.05, 4.69) is 4.98 Å². The second-order valence-electron chi connectivity index (χ2n) is 5.33. The summed E-state index contributed by atoms with van der Waals surface area (Å²) in [5, 5.41) is 13.1. The number of rotatable bonds is 3. The van der Waals surface area contributed by atoms with Gasteiger partial charge in [0.15, 0.2) is 6.29 Å². The number of ether oxygens (including phenoxy) is 1. The molecule has 114 valence electrons. The van der Waals surface area contributed by atoms with E-state index in [1.807, 2.05) is 32.2 Å². The smallest absolute Gasteiger partial charge is 0.157 e. The van der Waals surface area contributed by atoms with Crippen molar-refractivity contribution in [2.24, 2.45) is 0 Å². The molecule has 5 heteroatoms. The molecule has 1 aliphatic rings. The fourth-order valence-corrected chi connectivity index (χ4v) is 3.56. The lowest BCUT2D eigenvalue weighted by Crippen LogP contribution is -2.12. The Hall–Kier alpha value is -2.14. The summed E-state index contributed by atoms with van der Waals surface area (Å²) in [5.41, 5.74) is 4.93. The normalized spacial score (nSPS) is 13.8. The Morgan fingerprint density at radius 2 is 2.23 bits per heavy atom. The Morgan fingerprint density at radius 3 is 2.82 bits per heavy atom. The molecule has 1 aromatic heterocycles. The average Bonchev–Trinajstić information content (AvgIpc) is 2.93. The SMILES string of the molecule is CCc1cc2c(c(C=O)c1O)OCC(c1nc(C)cs1)=C2C. The van der Waals surface area contributed by atoms with Crippen molar-refractivity contribution in [3.8, 4) is 11.5 Å². The predicted octanol–water partition coefficient (Wildman–Crippen LogP) is 3.86. The van der Waals surface area contributed by atoms with E-state index in [1.165, 1.54) is 0 Å². The van der Waals surface area contributed by atoms with Gasteiger partial charge in [0, 0.05) is 22.2 Å². The molecule has 2 aromatic rings. The summed E-state index contributed by atoms with van der Waals surface area (Å²) in [5.74, 6) is 0.497. The summed E-state index contributed by atoms with van der Waals surface area (Å²) in [6.07, 6.45) is 1.32.